The van der Waals surface area contributed by atoms with Gasteiger partial charge in [0, 0.05) is 13.1 Å². The van der Waals surface area contributed by atoms with Gasteiger partial charge in [0.2, 0.25) is 0 Å². The number of amides is 6. The van der Waals surface area contributed by atoms with Crippen LogP contribution in [-0.2, 0) is 9.59 Å². The van der Waals surface area contributed by atoms with E-state index in [-0.39, 0.29) is 31.6 Å². The van der Waals surface area contributed by atoms with Crippen LogP contribution < -0.4 is 0 Å². The van der Waals surface area contributed by atoms with Crippen molar-refractivity contribution in [2.45, 2.75) is 38.8 Å². The molecule has 0 unspecified atom stereocenters. The number of nitrogens with zero attached hydrogens (tertiary/aromatic N) is 4. The molecule has 0 aliphatic carbocycles. The van der Waals surface area contributed by atoms with Gasteiger partial charge in [0.05, 0.1) is 0 Å². The second-order valence-electron chi connectivity index (χ2n) is 7.09. The SMILES string of the molecule is C=CCN1C(=O)N(CN2C(=O)N(CC=C)C(=O)C2(C)C)C(C)(C)C1=O. The Kier molecular flexibility index (Phi) is 4.50. The van der Waals surface area contributed by atoms with Crippen LogP contribution in [0, 0.1) is 0 Å². The molecule has 0 bridgehead atoms. The van der Waals surface area contributed by atoms with Crippen molar-refractivity contribution in [1.82, 2.24) is 19.6 Å². The van der Waals surface area contributed by atoms with Gasteiger partial charge in [-0.25, -0.2) is 9.59 Å². The predicted molar refractivity (Wildman–Crippen MR) is 91.3 cm³/mol. The Labute approximate surface area is 147 Å². The maximum Gasteiger partial charge on any atom is 0.329 e. The number of hydrogen-bond acceptors (Lipinski definition) is 4. The summed E-state index contributed by atoms with van der Waals surface area (Å²) in [7, 11) is 0. The number of hydrogen-bond donors (Lipinski definition) is 0. The van der Waals surface area contributed by atoms with E-state index in [1.807, 2.05) is 0 Å². The Morgan fingerprint density at radius 3 is 1.36 bits per heavy atom. The smallest absolute Gasteiger partial charge is 0.292 e. The fourth-order valence-corrected chi connectivity index (χ4v) is 3.03. The van der Waals surface area contributed by atoms with Gasteiger partial charge < -0.3 is 0 Å². The molecule has 25 heavy (non-hydrogen) atoms. The van der Waals surface area contributed by atoms with Crippen molar-refractivity contribution >= 4 is 23.9 Å². The van der Waals surface area contributed by atoms with Gasteiger partial charge in [-0.15, -0.1) is 13.2 Å². The van der Waals surface area contributed by atoms with Gasteiger partial charge in [-0.05, 0) is 27.7 Å². The molecule has 0 atom stereocenters. The third kappa shape index (κ3) is 2.61. The lowest BCUT2D eigenvalue weighted by Crippen LogP contribution is -2.55. The summed E-state index contributed by atoms with van der Waals surface area (Å²) in [5.41, 5.74) is -2.24. The number of carbonyl (C=O) groups is 4. The molecule has 0 aromatic heterocycles. The largest absolute Gasteiger partial charge is 0.329 e. The van der Waals surface area contributed by atoms with Crippen LogP contribution >= 0.6 is 0 Å². The summed E-state index contributed by atoms with van der Waals surface area (Å²) in [6.45, 7) is 13.6. The molecule has 0 spiro atoms. The van der Waals surface area contributed by atoms with E-state index < -0.39 is 23.1 Å². The van der Waals surface area contributed by atoms with E-state index in [4.69, 9.17) is 0 Å². The summed E-state index contributed by atoms with van der Waals surface area (Å²) >= 11 is 0. The van der Waals surface area contributed by atoms with Crippen molar-refractivity contribution in [3.63, 3.8) is 0 Å². The molecule has 0 radical (unpaired) electrons. The van der Waals surface area contributed by atoms with Crippen LogP contribution in [0.15, 0.2) is 25.3 Å². The lowest BCUT2D eigenvalue weighted by Gasteiger charge is -2.36. The third-order valence-corrected chi connectivity index (χ3v) is 4.72. The highest BCUT2D eigenvalue weighted by atomic mass is 16.2. The van der Waals surface area contributed by atoms with Crippen molar-refractivity contribution in [2.75, 3.05) is 19.8 Å². The normalized spacial score (nSPS) is 22.2. The lowest BCUT2D eigenvalue weighted by molar-refractivity contribution is -0.132. The summed E-state index contributed by atoms with van der Waals surface area (Å²) in [6.07, 6.45) is 2.94. The van der Waals surface area contributed by atoms with Crippen LogP contribution in [0.2, 0.25) is 0 Å². The van der Waals surface area contributed by atoms with Crippen molar-refractivity contribution in [1.29, 1.82) is 0 Å². The maximum absolute atomic E-state index is 12.6. The van der Waals surface area contributed by atoms with Crippen molar-refractivity contribution in [3.05, 3.63) is 25.3 Å². The Balaban J connectivity index is 2.34. The summed E-state index contributed by atoms with van der Waals surface area (Å²) in [6, 6.07) is -1.01. The first-order valence-corrected chi connectivity index (χ1v) is 8.00. The van der Waals surface area contributed by atoms with Gasteiger partial charge in [-0.1, -0.05) is 12.2 Å². The maximum atomic E-state index is 12.6. The Bertz CT molecular complexity index is 612. The van der Waals surface area contributed by atoms with Crippen LogP contribution in [0.25, 0.3) is 0 Å². The molecule has 2 heterocycles. The molecule has 2 fully saturated rings. The van der Waals surface area contributed by atoms with E-state index in [9.17, 15) is 19.2 Å². The molecular weight excluding hydrogens is 324 g/mol. The summed E-state index contributed by atoms with van der Waals surface area (Å²) < 4.78 is 0. The number of carbonyl (C=O) groups excluding carboxylic acids is 4. The van der Waals surface area contributed by atoms with E-state index in [2.05, 4.69) is 13.2 Å². The number of urea groups is 2. The Hall–Kier alpha value is -2.64. The highest BCUT2D eigenvalue weighted by molar-refractivity contribution is 6.08. The fraction of sp³-hybridized carbons (Fsp3) is 0.529. The highest BCUT2D eigenvalue weighted by Gasteiger charge is 2.56. The van der Waals surface area contributed by atoms with E-state index in [1.165, 1.54) is 22.0 Å². The first-order chi connectivity index (χ1) is 11.5. The third-order valence-electron chi connectivity index (χ3n) is 4.72. The molecule has 0 saturated carbocycles. The van der Waals surface area contributed by atoms with E-state index in [1.54, 1.807) is 27.7 Å². The zero-order valence-electron chi connectivity index (χ0n) is 15.1. The van der Waals surface area contributed by atoms with Gasteiger partial charge in [0.1, 0.15) is 17.7 Å². The van der Waals surface area contributed by atoms with Gasteiger partial charge in [-0.3, -0.25) is 29.2 Å². The average molecular weight is 348 g/mol. The molecule has 0 aromatic rings. The number of rotatable bonds is 6. The molecule has 8 heteroatoms. The van der Waals surface area contributed by atoms with Crippen LogP contribution in [0.5, 0.6) is 0 Å². The lowest BCUT2D eigenvalue weighted by atomic mass is 10.0. The van der Waals surface area contributed by atoms with Gasteiger partial charge >= 0.3 is 12.1 Å². The van der Waals surface area contributed by atoms with Gasteiger partial charge in [0.15, 0.2) is 0 Å². The Morgan fingerprint density at radius 2 is 1.08 bits per heavy atom. The highest BCUT2D eigenvalue weighted by Crippen LogP contribution is 2.33. The molecule has 136 valence electrons. The fourth-order valence-electron chi connectivity index (χ4n) is 3.03. The zero-order chi connectivity index (χ0) is 19.2. The van der Waals surface area contributed by atoms with Crippen molar-refractivity contribution in [3.8, 4) is 0 Å². The van der Waals surface area contributed by atoms with Gasteiger partial charge in [0.25, 0.3) is 11.8 Å². The number of imide groups is 2. The quantitative estimate of drug-likeness (QED) is 0.537. The van der Waals surface area contributed by atoms with E-state index in [0.29, 0.717) is 0 Å². The standard InChI is InChI=1S/C17H24N4O4/c1-7-9-18-12(22)16(3,4)20(14(18)24)11-21-15(25)19(10-8-2)13(23)17(21,5)6/h7-8H,1-2,9-11H2,3-6H3. The molecule has 6 amide bonds. The van der Waals surface area contributed by atoms with Crippen LogP contribution in [0.4, 0.5) is 9.59 Å². The molecule has 2 rings (SSSR count). The molecule has 2 aliphatic heterocycles. The van der Waals surface area contributed by atoms with E-state index >= 15 is 0 Å². The summed E-state index contributed by atoms with van der Waals surface area (Å²) in [4.78, 5) is 55.1. The van der Waals surface area contributed by atoms with Gasteiger partial charge in [-0.2, -0.15) is 0 Å². The second-order valence-corrected chi connectivity index (χ2v) is 7.09. The Morgan fingerprint density at radius 1 is 0.760 bits per heavy atom. The monoisotopic (exact) mass is 348 g/mol. The average Bonchev–Trinajstić information content (AvgIpc) is 2.79. The van der Waals surface area contributed by atoms with Crippen LogP contribution in [-0.4, -0.2) is 74.3 Å². The van der Waals surface area contributed by atoms with Crippen LogP contribution in [0.3, 0.4) is 0 Å². The van der Waals surface area contributed by atoms with Crippen molar-refractivity contribution < 1.29 is 19.2 Å². The molecule has 8 nitrogen and oxygen atoms in total. The van der Waals surface area contributed by atoms with E-state index in [0.717, 1.165) is 9.80 Å². The molecule has 0 N–H and O–H groups in total. The molecule has 2 aliphatic rings. The minimum atomic E-state index is -1.12. The first kappa shape index (κ1) is 18.7. The predicted octanol–water partition coefficient (Wildman–Crippen LogP) is 1.40. The summed E-state index contributed by atoms with van der Waals surface area (Å²) in [5.74, 6) is -0.729. The molecular formula is C17H24N4O4. The van der Waals surface area contributed by atoms with Crippen molar-refractivity contribution in [2.24, 2.45) is 0 Å². The van der Waals surface area contributed by atoms with Crippen LogP contribution in [0.1, 0.15) is 27.7 Å². The zero-order valence-corrected chi connectivity index (χ0v) is 15.1. The first-order valence-electron chi connectivity index (χ1n) is 8.00. The minimum absolute atomic E-state index is 0.0937. The second kappa shape index (κ2) is 6.02. The molecule has 0 aromatic carbocycles. The summed E-state index contributed by atoms with van der Waals surface area (Å²) in [5, 5.41) is 0. The minimum Gasteiger partial charge on any atom is -0.292 e. The molecule has 2 saturated heterocycles. The topological polar surface area (TPSA) is 81.2 Å².